The number of halogens is 2. The normalized spacial score (nSPS) is 20.4. The molecule has 0 heterocycles. The van der Waals surface area contributed by atoms with Gasteiger partial charge < -0.3 is 5.11 Å². The maximum absolute atomic E-state index is 10.9. The van der Waals surface area contributed by atoms with E-state index in [2.05, 4.69) is 31.9 Å². The first kappa shape index (κ1) is 12.5. The number of carbonyl (C=O) groups is 1. The van der Waals surface area contributed by atoms with Gasteiger partial charge in [-0.1, -0.05) is 38.3 Å². The molecule has 1 unspecified atom stereocenters. The van der Waals surface area contributed by atoms with Gasteiger partial charge >= 0.3 is 5.97 Å². The van der Waals surface area contributed by atoms with Gasteiger partial charge in [0.1, 0.15) is 0 Å². The summed E-state index contributed by atoms with van der Waals surface area (Å²) in [6.07, 6.45) is 5.14. The van der Waals surface area contributed by atoms with Gasteiger partial charge in [-0.2, -0.15) is 0 Å². The lowest BCUT2D eigenvalue weighted by atomic mass is 9.97. The van der Waals surface area contributed by atoms with Crippen LogP contribution < -0.4 is 0 Å². The van der Waals surface area contributed by atoms with Gasteiger partial charge in [0.05, 0.1) is 5.92 Å². The molecule has 1 aliphatic carbocycles. The molecule has 1 N–H and O–H groups in total. The Balaban J connectivity index is 2.17. The number of carboxylic acids is 1. The van der Waals surface area contributed by atoms with Crippen molar-refractivity contribution in [3.63, 3.8) is 0 Å². The van der Waals surface area contributed by atoms with Gasteiger partial charge in [-0.15, -0.1) is 0 Å². The second kappa shape index (κ2) is 6.11. The van der Waals surface area contributed by atoms with Crippen molar-refractivity contribution in [2.45, 2.75) is 36.9 Å². The Morgan fingerprint density at radius 1 is 1.43 bits per heavy atom. The van der Waals surface area contributed by atoms with Gasteiger partial charge in [-0.3, -0.25) is 4.79 Å². The summed E-state index contributed by atoms with van der Waals surface area (Å²) in [6.45, 7) is 0. The smallest absolute Gasteiger partial charge is 0.306 e. The Morgan fingerprint density at radius 2 is 2.07 bits per heavy atom. The van der Waals surface area contributed by atoms with Crippen LogP contribution in [-0.2, 0) is 4.79 Å². The molecule has 0 bridgehead atoms. The average Bonchev–Trinajstić information content (AvgIpc) is 2.94. The Morgan fingerprint density at radius 3 is 2.50 bits per heavy atom. The Labute approximate surface area is 102 Å². The van der Waals surface area contributed by atoms with Crippen LogP contribution in [0.25, 0.3) is 0 Å². The average molecular weight is 328 g/mol. The van der Waals surface area contributed by atoms with Crippen molar-refractivity contribution in [2.75, 3.05) is 5.33 Å². The minimum Gasteiger partial charge on any atom is -0.481 e. The van der Waals surface area contributed by atoms with Gasteiger partial charge in [0.2, 0.25) is 0 Å². The number of rotatable bonds is 7. The Kier molecular flexibility index (Phi) is 5.45. The molecular formula is C10H16Br2O2. The number of carboxylic acid groups (broad SMARTS) is 1. The maximum Gasteiger partial charge on any atom is 0.306 e. The summed E-state index contributed by atoms with van der Waals surface area (Å²) < 4.78 is 0. The van der Waals surface area contributed by atoms with Crippen LogP contribution in [0.4, 0.5) is 0 Å². The Bertz CT molecular complexity index is 193. The third-order valence-corrected chi connectivity index (χ3v) is 5.14. The maximum atomic E-state index is 10.9. The molecule has 0 radical (unpaired) electrons. The molecule has 14 heavy (non-hydrogen) atoms. The fourth-order valence-corrected chi connectivity index (χ4v) is 2.34. The van der Waals surface area contributed by atoms with Crippen LogP contribution in [0.3, 0.4) is 0 Å². The summed E-state index contributed by atoms with van der Waals surface area (Å²) in [4.78, 5) is 11.4. The molecule has 4 heteroatoms. The molecule has 82 valence electrons. The van der Waals surface area contributed by atoms with E-state index in [1.54, 1.807) is 0 Å². The van der Waals surface area contributed by atoms with E-state index >= 15 is 0 Å². The fraction of sp³-hybridized carbons (Fsp3) is 0.900. The summed E-state index contributed by atoms with van der Waals surface area (Å²) in [5, 5.41) is 9.92. The second-order valence-corrected chi connectivity index (χ2v) is 5.91. The van der Waals surface area contributed by atoms with Crippen LogP contribution >= 0.6 is 31.9 Å². The van der Waals surface area contributed by atoms with E-state index in [9.17, 15) is 4.79 Å². The first-order chi connectivity index (χ1) is 6.65. The molecule has 0 aliphatic heterocycles. The van der Waals surface area contributed by atoms with Crippen LogP contribution in [0.15, 0.2) is 0 Å². The first-order valence-electron chi connectivity index (χ1n) is 5.08. The van der Waals surface area contributed by atoms with Crippen molar-refractivity contribution in [3.8, 4) is 0 Å². The number of hydrogen-bond donors (Lipinski definition) is 1. The minimum atomic E-state index is -0.600. The lowest BCUT2D eigenvalue weighted by Gasteiger charge is -2.11. The van der Waals surface area contributed by atoms with Crippen LogP contribution in [-0.4, -0.2) is 21.2 Å². The predicted octanol–water partition coefficient (Wildman–Crippen LogP) is 3.43. The highest BCUT2D eigenvalue weighted by Gasteiger charge is 2.35. The Hall–Kier alpha value is 0.430. The minimum absolute atomic E-state index is 0.0787. The predicted molar refractivity (Wildman–Crippen MR) is 64.2 cm³/mol. The highest BCUT2D eigenvalue weighted by molar-refractivity contribution is 9.12. The van der Waals surface area contributed by atoms with Crippen molar-refractivity contribution < 1.29 is 9.90 Å². The molecule has 0 spiro atoms. The van der Waals surface area contributed by atoms with E-state index in [-0.39, 0.29) is 5.92 Å². The van der Waals surface area contributed by atoms with Gasteiger partial charge in [0.15, 0.2) is 0 Å². The summed E-state index contributed by atoms with van der Waals surface area (Å²) in [6, 6.07) is 0. The monoisotopic (exact) mass is 326 g/mol. The van der Waals surface area contributed by atoms with E-state index < -0.39 is 5.97 Å². The zero-order chi connectivity index (χ0) is 10.6. The van der Waals surface area contributed by atoms with E-state index in [1.807, 2.05) is 0 Å². The van der Waals surface area contributed by atoms with E-state index in [4.69, 9.17) is 5.11 Å². The van der Waals surface area contributed by atoms with Crippen LogP contribution in [0.1, 0.15) is 32.1 Å². The van der Waals surface area contributed by atoms with E-state index in [0.717, 1.165) is 37.4 Å². The fourth-order valence-electron chi connectivity index (χ4n) is 1.70. The van der Waals surface area contributed by atoms with Crippen molar-refractivity contribution in [1.82, 2.24) is 0 Å². The van der Waals surface area contributed by atoms with E-state index in [0.29, 0.717) is 10.7 Å². The molecule has 1 rings (SSSR count). The zero-order valence-electron chi connectivity index (χ0n) is 8.09. The van der Waals surface area contributed by atoms with Crippen LogP contribution in [0, 0.1) is 11.8 Å². The van der Waals surface area contributed by atoms with Crippen molar-refractivity contribution in [2.24, 2.45) is 11.8 Å². The quantitative estimate of drug-likeness (QED) is 0.727. The van der Waals surface area contributed by atoms with Gasteiger partial charge in [0, 0.05) is 10.2 Å². The summed E-state index contributed by atoms with van der Waals surface area (Å²) in [5.41, 5.74) is 0. The summed E-state index contributed by atoms with van der Waals surface area (Å²) in [5.74, 6) is -0.201. The lowest BCUT2D eigenvalue weighted by Crippen LogP contribution is -2.16. The molecule has 0 amide bonds. The molecule has 0 aromatic carbocycles. The van der Waals surface area contributed by atoms with Gasteiger partial charge in [-0.05, 0) is 31.6 Å². The molecule has 0 aromatic rings. The summed E-state index contributed by atoms with van der Waals surface area (Å²) in [7, 11) is 0. The zero-order valence-corrected chi connectivity index (χ0v) is 11.3. The second-order valence-electron chi connectivity index (χ2n) is 3.96. The third kappa shape index (κ3) is 4.30. The number of alkyl halides is 2. The van der Waals surface area contributed by atoms with Crippen molar-refractivity contribution in [1.29, 1.82) is 0 Å². The molecule has 1 saturated carbocycles. The highest BCUT2D eigenvalue weighted by Crippen LogP contribution is 2.39. The van der Waals surface area contributed by atoms with Crippen LogP contribution in [0.2, 0.25) is 0 Å². The van der Waals surface area contributed by atoms with E-state index in [1.165, 1.54) is 0 Å². The number of aliphatic carboxylic acids is 1. The third-order valence-electron chi connectivity index (χ3n) is 2.71. The lowest BCUT2D eigenvalue weighted by molar-refractivity contribution is -0.142. The van der Waals surface area contributed by atoms with Gasteiger partial charge in [-0.25, -0.2) is 0 Å². The SMILES string of the molecule is O=C(O)[C@H](CCCC(Br)CBr)C1CC1. The molecule has 0 aromatic heterocycles. The summed E-state index contributed by atoms with van der Waals surface area (Å²) >= 11 is 6.91. The number of hydrogen-bond acceptors (Lipinski definition) is 1. The molecule has 1 aliphatic rings. The molecule has 2 atom stereocenters. The van der Waals surface area contributed by atoms with Crippen molar-refractivity contribution >= 4 is 37.8 Å². The molecule has 1 fully saturated rings. The molecule has 0 saturated heterocycles. The molecule has 2 nitrogen and oxygen atoms in total. The largest absolute Gasteiger partial charge is 0.481 e. The standard InChI is InChI=1S/C10H16Br2O2/c11-6-8(12)2-1-3-9(10(13)14)7-4-5-7/h7-9H,1-6H2,(H,13,14)/t8?,9-/m1/s1. The first-order valence-corrected chi connectivity index (χ1v) is 7.11. The highest BCUT2D eigenvalue weighted by atomic mass is 79.9. The van der Waals surface area contributed by atoms with Crippen molar-refractivity contribution in [3.05, 3.63) is 0 Å². The topological polar surface area (TPSA) is 37.3 Å². The molecular weight excluding hydrogens is 312 g/mol. The van der Waals surface area contributed by atoms with Gasteiger partial charge in [0.25, 0.3) is 0 Å². The van der Waals surface area contributed by atoms with Crippen LogP contribution in [0.5, 0.6) is 0 Å².